The Kier molecular flexibility index (Phi) is 16.1. The van der Waals surface area contributed by atoms with E-state index < -0.39 is 151 Å². The molecule has 6 saturated heterocycles. The zero-order chi connectivity index (χ0) is 54.3. The molecule has 8 bridgehead atoms. The van der Waals surface area contributed by atoms with Gasteiger partial charge in [-0.1, -0.05) is 19.9 Å². The van der Waals surface area contributed by atoms with Crippen LogP contribution in [-0.2, 0) is 87.0 Å². The molecule has 0 N–H and O–H groups in total. The maximum atomic E-state index is 13.2. The SMILES string of the molecule is CC[Si](CC)(O[Si]12O[Si]3(O[Si](C)(C)C)O[Si]4(O[Si](C)(C)C)O[Si]5(O[Si](C)(C)C)O[Si](O[Si](C)(C)C)(O3)O[Si](O[Si](C)(C)C)(O[Si](O[Si](C)(C)C)(O5)O[Si](O[Si](C)(C)C)(O4)O1)O2)c1ccc2c(c1)C(=O)OC2=O. The van der Waals surface area contributed by atoms with Crippen molar-refractivity contribution in [2.45, 2.75) is 163 Å². The summed E-state index contributed by atoms with van der Waals surface area (Å²) in [6.07, 6.45) is 0. The maximum Gasteiger partial charge on any atom is 0.651 e. The second kappa shape index (κ2) is 19.1. The summed E-state index contributed by atoms with van der Waals surface area (Å²) in [6.45, 7) is 44.2. The number of carbonyl (C=O) groups excluding carboxylic acids is 2. The Bertz CT molecular complexity index is 2090. The Morgan fingerprint density at radius 3 is 0.750 bits per heavy atom. The van der Waals surface area contributed by atoms with Crippen molar-refractivity contribution in [2.24, 2.45) is 0 Å². The second-order valence-corrected chi connectivity index (χ2v) is 82.8. The fraction of sp³-hybridized carbons (Fsp3) is 0.758. The van der Waals surface area contributed by atoms with Crippen LogP contribution in [0.1, 0.15) is 34.6 Å². The molecule has 0 saturated carbocycles. The minimum absolute atomic E-state index is 0.0763. The van der Waals surface area contributed by atoms with Crippen LogP contribution in [0.4, 0.5) is 0 Å². The van der Waals surface area contributed by atoms with Gasteiger partial charge in [-0.15, -0.1) is 0 Å². The number of cyclic esters (lactones) is 2. The third kappa shape index (κ3) is 13.9. The standard InChI is InChI=1S/C33H76O23Si16/c1-24-64(25-2,29-26-27-30-31(28-29)33(35)36-32(30)34)44-72-54-69(41-61(15,16)17)48-66(38-58(6,7)8)45-65(37-57(3,4)5)46-67(50-69,39-59(9,10)11)52-71(56-72,43-63(21,22)23)53-68(47-65,40-60(12,13)14)51-70(49-66,55-72)42-62(18,19)20/h26-28H,24-25H2,1-23H3. The summed E-state index contributed by atoms with van der Waals surface area (Å²) < 4.78 is 154. The van der Waals surface area contributed by atoms with Crippen LogP contribution in [0.3, 0.4) is 0 Å². The van der Waals surface area contributed by atoms with E-state index in [2.05, 4.69) is 0 Å². The number of rotatable bonds is 19. The lowest BCUT2D eigenvalue weighted by molar-refractivity contribution is -0.129. The van der Waals surface area contributed by atoms with E-state index in [4.69, 9.17) is 87.0 Å². The van der Waals surface area contributed by atoms with Crippen LogP contribution in [-0.4, -0.2) is 151 Å². The zero-order valence-electron chi connectivity index (χ0n) is 46.0. The predicted molar refractivity (Wildman–Crippen MR) is 294 cm³/mol. The highest BCUT2D eigenvalue weighted by atomic mass is 28.7. The minimum Gasteiger partial charge on any atom is -0.396 e. The molecule has 0 aromatic heterocycles. The highest BCUT2D eigenvalue weighted by Gasteiger charge is 2.92. The molecule has 1 aromatic carbocycles. The molecule has 39 heteroatoms. The maximum absolute atomic E-state index is 13.2. The second-order valence-electron chi connectivity index (χ2n) is 25.0. The van der Waals surface area contributed by atoms with E-state index in [9.17, 15) is 9.59 Å². The van der Waals surface area contributed by atoms with Gasteiger partial charge in [0.25, 0.3) is 0 Å². The molecule has 0 aliphatic carbocycles. The summed E-state index contributed by atoms with van der Waals surface area (Å²) >= 11 is 0. The van der Waals surface area contributed by atoms with Crippen molar-refractivity contribution in [3.05, 3.63) is 29.3 Å². The summed E-state index contributed by atoms with van der Waals surface area (Å²) in [6, 6.07) is 5.54. The summed E-state index contributed by atoms with van der Waals surface area (Å²) in [4.78, 5) is 26.0. The molecule has 1 aromatic rings. The van der Waals surface area contributed by atoms with Crippen molar-refractivity contribution in [1.82, 2.24) is 0 Å². The lowest BCUT2D eigenvalue weighted by Gasteiger charge is -2.61. The Morgan fingerprint density at radius 1 is 0.333 bits per heavy atom. The summed E-state index contributed by atoms with van der Waals surface area (Å²) in [7, 11) is -66.6. The van der Waals surface area contributed by atoms with Crippen LogP contribution >= 0.6 is 0 Å². The monoisotopic (exact) mass is 1290 g/mol. The van der Waals surface area contributed by atoms with Gasteiger partial charge in [-0.05, 0) is 167 Å². The average Bonchev–Trinajstić information content (AvgIpc) is 3.33. The molecule has 0 atom stereocenters. The number of hydrogen-bond acceptors (Lipinski definition) is 23. The van der Waals surface area contributed by atoms with Crippen LogP contribution in [0.2, 0.25) is 150 Å². The topological polar surface area (TPSA) is 228 Å². The number of carbonyl (C=O) groups is 2. The molecule has 72 heavy (non-hydrogen) atoms. The fourth-order valence-corrected chi connectivity index (χ4v) is 75.3. The molecule has 0 amide bonds. The number of esters is 2. The minimum atomic E-state index is -5.46. The molecular formula is C33H76O23Si16. The van der Waals surface area contributed by atoms with E-state index in [1.165, 1.54) is 0 Å². The Hall–Kier alpha value is 1.03. The van der Waals surface area contributed by atoms with Gasteiger partial charge in [0.05, 0.1) is 11.1 Å². The molecule has 7 aliphatic heterocycles. The molecule has 6 fully saturated rings. The van der Waals surface area contributed by atoms with Gasteiger partial charge in [-0.3, -0.25) is 0 Å². The first-order chi connectivity index (χ1) is 32.2. The van der Waals surface area contributed by atoms with Crippen LogP contribution in [0.25, 0.3) is 0 Å². The lowest BCUT2D eigenvalue weighted by Crippen LogP contribution is -2.93. The average molecular weight is 1290 g/mol. The van der Waals surface area contributed by atoms with Gasteiger partial charge in [0.2, 0.25) is 8.32 Å². The molecule has 7 heterocycles. The van der Waals surface area contributed by atoms with E-state index in [1.807, 2.05) is 151 Å². The largest absolute Gasteiger partial charge is 0.651 e. The van der Waals surface area contributed by atoms with Crippen LogP contribution < -0.4 is 5.19 Å². The van der Waals surface area contributed by atoms with Crippen molar-refractivity contribution >= 4 is 156 Å². The van der Waals surface area contributed by atoms with Gasteiger partial charge < -0.3 is 87.0 Å². The van der Waals surface area contributed by atoms with Crippen LogP contribution in [0.15, 0.2) is 18.2 Å². The fourth-order valence-electron chi connectivity index (χ4n) is 7.93. The third-order valence-corrected chi connectivity index (χ3v) is 64.0. The van der Waals surface area contributed by atoms with Crippen molar-refractivity contribution in [1.29, 1.82) is 0 Å². The first-order valence-electron chi connectivity index (χ1n) is 24.1. The van der Waals surface area contributed by atoms with Gasteiger partial charge >= 0.3 is 84.3 Å². The van der Waals surface area contributed by atoms with Crippen LogP contribution in [0, 0.1) is 0 Å². The molecule has 8 rings (SSSR count). The Balaban J connectivity index is 1.69. The van der Waals surface area contributed by atoms with Crippen molar-refractivity contribution in [3.8, 4) is 0 Å². The van der Waals surface area contributed by atoms with Crippen LogP contribution in [0.5, 0.6) is 0 Å². The molecular weight excluding hydrogens is 1210 g/mol. The van der Waals surface area contributed by atoms with Gasteiger partial charge in [0.15, 0.2) is 58.2 Å². The van der Waals surface area contributed by atoms with Crippen molar-refractivity contribution < 1.29 is 96.6 Å². The van der Waals surface area contributed by atoms with E-state index in [0.29, 0.717) is 17.3 Å². The molecule has 0 spiro atoms. The first kappa shape index (κ1) is 60.7. The highest BCUT2D eigenvalue weighted by molar-refractivity contribution is 7.05. The molecule has 23 nitrogen and oxygen atoms in total. The molecule has 0 unspecified atom stereocenters. The lowest BCUT2D eigenvalue weighted by atomic mass is 10.1. The molecule has 0 radical (unpaired) electrons. The summed E-state index contributed by atoms with van der Waals surface area (Å²) in [5.74, 6) is -1.55. The third-order valence-electron chi connectivity index (χ3n) is 9.65. The number of hydrogen-bond donors (Lipinski definition) is 0. The van der Waals surface area contributed by atoms with Gasteiger partial charge in [-0.2, -0.15) is 0 Å². The molecule has 7 aliphatic rings. The Labute approximate surface area is 442 Å². The number of fused-ring (bicyclic) bond motifs is 1. The van der Waals surface area contributed by atoms with Gasteiger partial charge in [-0.25, -0.2) is 9.59 Å². The van der Waals surface area contributed by atoms with Crippen molar-refractivity contribution in [2.75, 3.05) is 0 Å². The quantitative estimate of drug-likeness (QED) is 0.0778. The normalized spacial score (nSPS) is 35.7. The van der Waals surface area contributed by atoms with E-state index >= 15 is 0 Å². The number of ether oxygens (including phenoxy) is 1. The highest BCUT2D eigenvalue weighted by Crippen LogP contribution is 2.53. The van der Waals surface area contributed by atoms with E-state index in [1.54, 1.807) is 18.2 Å². The Morgan fingerprint density at radius 2 is 0.542 bits per heavy atom. The van der Waals surface area contributed by atoms with E-state index in [-0.39, 0.29) is 11.1 Å². The summed E-state index contributed by atoms with van der Waals surface area (Å²) in [5.41, 5.74) is 0.194. The van der Waals surface area contributed by atoms with Gasteiger partial charge in [0.1, 0.15) is 0 Å². The number of benzene rings is 1. The first-order valence-corrected chi connectivity index (χ1v) is 63.3. The summed E-state index contributed by atoms with van der Waals surface area (Å²) in [5, 5.41) is 0.566. The van der Waals surface area contributed by atoms with Gasteiger partial charge in [0, 0.05) is 0 Å². The van der Waals surface area contributed by atoms with E-state index in [0.717, 1.165) is 0 Å². The predicted octanol–water partition coefficient (Wildman–Crippen LogP) is 6.92. The molecule has 410 valence electrons. The van der Waals surface area contributed by atoms with Crippen molar-refractivity contribution in [3.63, 3.8) is 0 Å². The smallest absolute Gasteiger partial charge is 0.396 e. The zero-order valence-corrected chi connectivity index (χ0v) is 62.0.